The quantitative estimate of drug-likeness (QED) is 0.594. The molecule has 3 aromatic rings. The van der Waals surface area contributed by atoms with Gasteiger partial charge in [0.05, 0.1) is 5.39 Å². The maximum atomic E-state index is 12.3. The van der Waals surface area contributed by atoms with Crippen molar-refractivity contribution in [2.45, 2.75) is 39.3 Å². The van der Waals surface area contributed by atoms with Crippen molar-refractivity contribution in [2.24, 2.45) is 11.8 Å². The van der Waals surface area contributed by atoms with Crippen molar-refractivity contribution in [2.75, 3.05) is 39.4 Å². The number of hydrogen-bond acceptors (Lipinski definition) is 7. The Hall–Kier alpha value is -2.75. The normalized spacial score (nSPS) is 21.0. The minimum Gasteiger partial charge on any atom is -0.381 e. The highest BCUT2D eigenvalue weighted by atomic mass is 16.5. The van der Waals surface area contributed by atoms with Gasteiger partial charge in [-0.25, -0.2) is 9.36 Å². The van der Waals surface area contributed by atoms with Crippen LogP contribution in [0.3, 0.4) is 0 Å². The van der Waals surface area contributed by atoms with Crippen molar-refractivity contribution in [1.29, 1.82) is 0 Å². The van der Waals surface area contributed by atoms with Crippen LogP contribution in [0.1, 0.15) is 32.3 Å². The van der Waals surface area contributed by atoms with Crippen molar-refractivity contribution in [3.05, 3.63) is 56.9 Å². The summed E-state index contributed by atoms with van der Waals surface area (Å²) in [6, 6.07) is 7.84. The third-order valence-corrected chi connectivity index (χ3v) is 7.19. The number of aromatic nitrogens is 3. The molecule has 2 aromatic heterocycles. The molecule has 2 saturated heterocycles. The fourth-order valence-corrected chi connectivity index (χ4v) is 5.26. The summed E-state index contributed by atoms with van der Waals surface area (Å²) in [5.74, 6) is 1.72. The lowest BCUT2D eigenvalue weighted by atomic mass is 9.94. The SMILES string of the molecule is CC(C)C1CN(Cc2ccc3onc(-n4ccc(=O)[nH]c4=O)c3c2)CCN1CC1CCOCC1. The summed E-state index contributed by atoms with van der Waals surface area (Å²) in [5, 5.41) is 4.84. The second kappa shape index (κ2) is 9.85. The lowest BCUT2D eigenvalue weighted by molar-refractivity contribution is 0.00792. The highest BCUT2D eigenvalue weighted by Gasteiger charge is 2.31. The fraction of sp³-hybridized carbons (Fsp3) is 0.560. The van der Waals surface area contributed by atoms with E-state index in [0.717, 1.165) is 56.3 Å². The predicted molar refractivity (Wildman–Crippen MR) is 129 cm³/mol. The zero-order chi connectivity index (χ0) is 23.7. The first-order valence-corrected chi connectivity index (χ1v) is 12.2. The number of ether oxygens (including phenoxy) is 1. The molecule has 2 aliphatic rings. The van der Waals surface area contributed by atoms with E-state index in [4.69, 9.17) is 9.26 Å². The molecule has 1 aromatic carbocycles. The van der Waals surface area contributed by atoms with Crippen molar-refractivity contribution in [1.82, 2.24) is 24.5 Å². The Kier molecular flexibility index (Phi) is 6.67. The van der Waals surface area contributed by atoms with Gasteiger partial charge in [-0.2, -0.15) is 0 Å². The van der Waals surface area contributed by atoms with E-state index in [-0.39, 0.29) is 0 Å². The summed E-state index contributed by atoms with van der Waals surface area (Å²) >= 11 is 0. The molecule has 182 valence electrons. The Bertz CT molecular complexity index is 1240. The topological polar surface area (TPSA) is 96.6 Å². The van der Waals surface area contributed by atoms with Crippen LogP contribution in [0, 0.1) is 11.8 Å². The van der Waals surface area contributed by atoms with Gasteiger partial charge in [0.1, 0.15) is 0 Å². The summed E-state index contributed by atoms with van der Waals surface area (Å²) in [4.78, 5) is 31.2. The number of fused-ring (bicyclic) bond motifs is 1. The van der Waals surface area contributed by atoms with Crippen molar-refractivity contribution in [3.8, 4) is 5.82 Å². The highest BCUT2D eigenvalue weighted by Crippen LogP contribution is 2.26. The van der Waals surface area contributed by atoms with Gasteiger partial charge in [-0.3, -0.25) is 19.6 Å². The van der Waals surface area contributed by atoms with Crippen molar-refractivity contribution >= 4 is 11.0 Å². The van der Waals surface area contributed by atoms with Crippen LogP contribution in [0.4, 0.5) is 0 Å². The number of aromatic amines is 1. The zero-order valence-electron chi connectivity index (χ0n) is 19.9. The summed E-state index contributed by atoms with van der Waals surface area (Å²) < 4.78 is 12.3. The number of nitrogens with zero attached hydrogens (tertiary/aromatic N) is 4. The van der Waals surface area contributed by atoms with Crippen LogP contribution in [0.2, 0.25) is 0 Å². The van der Waals surface area contributed by atoms with Crippen LogP contribution in [0.25, 0.3) is 16.8 Å². The molecule has 1 N–H and O–H groups in total. The predicted octanol–water partition coefficient (Wildman–Crippen LogP) is 2.24. The Morgan fingerprint density at radius 3 is 2.74 bits per heavy atom. The van der Waals surface area contributed by atoms with Gasteiger partial charge in [0, 0.05) is 64.2 Å². The number of nitrogens with one attached hydrogen (secondary N) is 1. The summed E-state index contributed by atoms with van der Waals surface area (Å²) in [7, 11) is 0. The smallest absolute Gasteiger partial charge is 0.334 e. The van der Waals surface area contributed by atoms with Gasteiger partial charge in [0.2, 0.25) is 0 Å². The van der Waals surface area contributed by atoms with Gasteiger partial charge in [-0.15, -0.1) is 0 Å². The molecule has 0 amide bonds. The molecular formula is C25H33N5O4. The number of rotatable bonds is 6. The Morgan fingerprint density at radius 2 is 1.97 bits per heavy atom. The third-order valence-electron chi connectivity index (χ3n) is 7.19. The van der Waals surface area contributed by atoms with Crippen LogP contribution >= 0.6 is 0 Å². The van der Waals surface area contributed by atoms with Gasteiger partial charge in [0.25, 0.3) is 5.56 Å². The fourth-order valence-electron chi connectivity index (χ4n) is 5.26. The van der Waals surface area contributed by atoms with Crippen molar-refractivity contribution in [3.63, 3.8) is 0 Å². The average molecular weight is 468 g/mol. The van der Waals surface area contributed by atoms with E-state index in [2.05, 4.69) is 39.9 Å². The van der Waals surface area contributed by atoms with E-state index in [0.29, 0.717) is 23.4 Å². The Balaban J connectivity index is 1.32. The number of H-pyrrole nitrogens is 1. The average Bonchev–Trinajstić information content (AvgIpc) is 3.24. The minimum atomic E-state index is -0.534. The molecule has 9 nitrogen and oxygen atoms in total. The summed E-state index contributed by atoms with van der Waals surface area (Å²) in [6.45, 7) is 11.6. The van der Waals surface area contributed by atoms with Crippen LogP contribution in [-0.4, -0.2) is 69.9 Å². The van der Waals surface area contributed by atoms with Gasteiger partial charge < -0.3 is 9.26 Å². The van der Waals surface area contributed by atoms with Gasteiger partial charge in [-0.1, -0.05) is 25.1 Å². The number of hydrogen-bond donors (Lipinski definition) is 1. The van der Waals surface area contributed by atoms with E-state index in [1.165, 1.54) is 36.2 Å². The lowest BCUT2D eigenvalue weighted by Crippen LogP contribution is -2.56. The molecule has 2 fully saturated rings. The maximum Gasteiger partial charge on any atom is 0.334 e. The molecule has 0 bridgehead atoms. The molecule has 0 radical (unpaired) electrons. The van der Waals surface area contributed by atoms with Crippen LogP contribution in [0.15, 0.2) is 44.6 Å². The van der Waals surface area contributed by atoms with E-state index in [1.54, 1.807) is 0 Å². The second-order valence-electron chi connectivity index (χ2n) is 9.91. The molecule has 2 aliphatic heterocycles. The molecule has 4 heterocycles. The molecule has 5 rings (SSSR count). The lowest BCUT2D eigenvalue weighted by Gasteiger charge is -2.45. The standard InChI is InChI=1S/C25H33N5O4/c1-17(2)21-16-28(9-10-29(21)15-18-6-11-33-12-7-18)14-19-3-4-22-20(13-19)24(27-34-22)30-8-5-23(31)26-25(30)32/h3-5,8,13,17-18,21H,6-7,9-12,14-16H2,1-2H3,(H,26,31,32). The first-order chi connectivity index (χ1) is 16.5. The zero-order valence-corrected chi connectivity index (χ0v) is 19.9. The Labute approximate surface area is 198 Å². The van der Waals surface area contributed by atoms with Crippen LogP contribution in [0.5, 0.6) is 0 Å². The largest absolute Gasteiger partial charge is 0.381 e. The molecule has 0 aliphatic carbocycles. The minimum absolute atomic E-state index is 0.388. The van der Waals surface area contributed by atoms with E-state index in [1.807, 2.05) is 12.1 Å². The molecule has 34 heavy (non-hydrogen) atoms. The molecule has 0 spiro atoms. The molecule has 9 heteroatoms. The molecule has 1 unspecified atom stereocenters. The summed E-state index contributed by atoms with van der Waals surface area (Å²) in [5.41, 5.74) is 0.784. The molecular weight excluding hydrogens is 434 g/mol. The van der Waals surface area contributed by atoms with E-state index < -0.39 is 11.2 Å². The second-order valence-corrected chi connectivity index (χ2v) is 9.91. The molecule has 1 atom stereocenters. The monoisotopic (exact) mass is 467 g/mol. The first-order valence-electron chi connectivity index (χ1n) is 12.2. The summed E-state index contributed by atoms with van der Waals surface area (Å²) in [6.07, 6.45) is 3.77. The van der Waals surface area contributed by atoms with Gasteiger partial charge in [-0.05, 0) is 42.4 Å². The van der Waals surface area contributed by atoms with E-state index >= 15 is 0 Å². The number of benzene rings is 1. The molecule has 0 saturated carbocycles. The maximum absolute atomic E-state index is 12.3. The third kappa shape index (κ3) is 4.87. The Morgan fingerprint density at radius 1 is 1.15 bits per heavy atom. The van der Waals surface area contributed by atoms with Crippen molar-refractivity contribution < 1.29 is 9.26 Å². The highest BCUT2D eigenvalue weighted by molar-refractivity contribution is 5.84. The van der Waals surface area contributed by atoms with Crippen LogP contribution < -0.4 is 11.2 Å². The number of piperazine rings is 1. The van der Waals surface area contributed by atoms with E-state index in [9.17, 15) is 9.59 Å². The first kappa shape index (κ1) is 23.0. The van der Waals surface area contributed by atoms with Gasteiger partial charge >= 0.3 is 5.69 Å². The van der Waals surface area contributed by atoms with Crippen LogP contribution in [-0.2, 0) is 11.3 Å². The van der Waals surface area contributed by atoms with Gasteiger partial charge in [0.15, 0.2) is 11.4 Å².